The minimum atomic E-state index is -2.97. The second kappa shape index (κ2) is 8.82. The van der Waals surface area contributed by atoms with Gasteiger partial charge in [-0.2, -0.15) is 8.78 Å². The zero-order valence-corrected chi connectivity index (χ0v) is 14.1. The Morgan fingerprint density at radius 1 is 1.33 bits per heavy atom. The van der Waals surface area contributed by atoms with Crippen molar-refractivity contribution < 1.29 is 23.0 Å². The maximum absolute atomic E-state index is 12.6. The number of methoxy groups -OCH3 is 1. The van der Waals surface area contributed by atoms with E-state index < -0.39 is 6.61 Å². The van der Waals surface area contributed by atoms with Gasteiger partial charge in [0.15, 0.2) is 11.5 Å². The molecular formula is C17H24F2N2O3. The number of piperidine rings is 1. The zero-order valence-electron chi connectivity index (χ0n) is 14.1. The number of halogens is 2. The number of alkyl halides is 2. The van der Waals surface area contributed by atoms with Gasteiger partial charge in [0.05, 0.1) is 7.11 Å². The number of ether oxygens (including phenoxy) is 2. The number of carbonyl (C=O) groups is 1. The Balaban J connectivity index is 2.02. The van der Waals surface area contributed by atoms with Gasteiger partial charge in [-0.05, 0) is 57.0 Å². The van der Waals surface area contributed by atoms with E-state index in [0.29, 0.717) is 24.6 Å². The van der Waals surface area contributed by atoms with Crippen molar-refractivity contribution in [1.29, 1.82) is 0 Å². The maximum Gasteiger partial charge on any atom is 0.387 e. The van der Waals surface area contributed by atoms with Crippen LogP contribution in [0.25, 0.3) is 0 Å². The average molecular weight is 342 g/mol. The quantitative estimate of drug-likeness (QED) is 0.828. The molecule has 2 rings (SSSR count). The van der Waals surface area contributed by atoms with E-state index in [0.717, 1.165) is 25.8 Å². The van der Waals surface area contributed by atoms with Crippen LogP contribution in [0.5, 0.6) is 11.5 Å². The first-order valence-electron chi connectivity index (χ1n) is 8.12. The van der Waals surface area contributed by atoms with Crippen LogP contribution in [-0.2, 0) is 0 Å². The van der Waals surface area contributed by atoms with Gasteiger partial charge in [-0.25, -0.2) is 0 Å². The predicted molar refractivity (Wildman–Crippen MR) is 86.8 cm³/mol. The summed E-state index contributed by atoms with van der Waals surface area (Å²) in [6.07, 6.45) is 3.03. The van der Waals surface area contributed by atoms with E-state index in [2.05, 4.69) is 10.1 Å². The second-order valence-corrected chi connectivity index (χ2v) is 5.87. The summed E-state index contributed by atoms with van der Waals surface area (Å²) in [6, 6.07) is 4.37. The summed E-state index contributed by atoms with van der Waals surface area (Å²) in [5, 5.41) is 3.14. The molecule has 1 heterocycles. The molecule has 0 aromatic heterocycles. The number of hydrogen-bond acceptors (Lipinski definition) is 4. The molecule has 0 bridgehead atoms. The number of rotatable bonds is 7. The minimum Gasteiger partial charge on any atom is -0.493 e. The molecule has 0 atom stereocenters. The van der Waals surface area contributed by atoms with Crippen LogP contribution in [-0.4, -0.2) is 51.2 Å². The number of hydrogen-bond donors (Lipinski definition) is 1. The van der Waals surface area contributed by atoms with E-state index in [1.807, 2.05) is 7.05 Å². The highest BCUT2D eigenvalue weighted by atomic mass is 19.3. The smallest absolute Gasteiger partial charge is 0.387 e. The van der Waals surface area contributed by atoms with Gasteiger partial charge in [0.1, 0.15) is 0 Å². The van der Waals surface area contributed by atoms with Crippen molar-refractivity contribution in [3.8, 4) is 11.5 Å². The first-order valence-corrected chi connectivity index (χ1v) is 8.12. The second-order valence-electron chi connectivity index (χ2n) is 5.87. The summed E-state index contributed by atoms with van der Waals surface area (Å²) in [5.41, 5.74) is 0.333. The zero-order chi connectivity index (χ0) is 17.5. The molecule has 0 unspecified atom stereocenters. The number of likely N-dealkylation sites (tertiary alicyclic amines) is 1. The van der Waals surface area contributed by atoms with Crippen molar-refractivity contribution in [3.63, 3.8) is 0 Å². The first-order chi connectivity index (χ1) is 11.5. The molecule has 5 nitrogen and oxygen atoms in total. The van der Waals surface area contributed by atoms with Crippen molar-refractivity contribution in [2.45, 2.75) is 25.9 Å². The van der Waals surface area contributed by atoms with Gasteiger partial charge in [0, 0.05) is 18.7 Å². The summed E-state index contributed by atoms with van der Waals surface area (Å²) in [4.78, 5) is 14.4. The van der Waals surface area contributed by atoms with E-state index >= 15 is 0 Å². The van der Waals surface area contributed by atoms with Gasteiger partial charge in [-0.3, -0.25) is 4.79 Å². The Morgan fingerprint density at radius 2 is 2.04 bits per heavy atom. The molecule has 1 aromatic carbocycles. The lowest BCUT2D eigenvalue weighted by atomic mass is 9.93. The molecule has 0 saturated carbocycles. The molecule has 0 spiro atoms. The minimum absolute atomic E-state index is 0.123. The lowest BCUT2D eigenvalue weighted by Gasteiger charge is -2.32. The Morgan fingerprint density at radius 3 is 2.62 bits per heavy atom. The molecule has 1 N–H and O–H groups in total. The Labute approximate surface area is 140 Å². The molecule has 24 heavy (non-hydrogen) atoms. The average Bonchev–Trinajstić information content (AvgIpc) is 2.59. The normalized spacial score (nSPS) is 15.6. The van der Waals surface area contributed by atoms with Crippen LogP contribution in [0.1, 0.15) is 29.6 Å². The number of nitrogens with zero attached hydrogens (tertiary/aromatic N) is 1. The third-order valence-corrected chi connectivity index (χ3v) is 4.33. The van der Waals surface area contributed by atoms with Crippen LogP contribution in [0.4, 0.5) is 8.78 Å². The van der Waals surface area contributed by atoms with Gasteiger partial charge in [-0.15, -0.1) is 0 Å². The van der Waals surface area contributed by atoms with Crippen LogP contribution in [0.2, 0.25) is 0 Å². The topological polar surface area (TPSA) is 50.8 Å². The molecule has 1 aromatic rings. The fraction of sp³-hybridized carbons (Fsp3) is 0.588. The van der Waals surface area contributed by atoms with Crippen LogP contribution < -0.4 is 14.8 Å². The van der Waals surface area contributed by atoms with Crippen LogP contribution >= 0.6 is 0 Å². The predicted octanol–water partition coefficient (Wildman–Crippen LogP) is 2.76. The Kier molecular flexibility index (Phi) is 6.78. The third kappa shape index (κ3) is 4.80. The van der Waals surface area contributed by atoms with E-state index in [1.54, 1.807) is 11.0 Å². The van der Waals surface area contributed by atoms with Gasteiger partial charge in [0.2, 0.25) is 0 Å². The highest BCUT2D eigenvalue weighted by Crippen LogP contribution is 2.30. The summed E-state index contributed by atoms with van der Waals surface area (Å²) < 4.78 is 34.4. The molecule has 1 saturated heterocycles. The van der Waals surface area contributed by atoms with Crippen LogP contribution in [0.15, 0.2) is 18.2 Å². The van der Waals surface area contributed by atoms with Gasteiger partial charge in [-0.1, -0.05) is 0 Å². The molecule has 1 amide bonds. The monoisotopic (exact) mass is 342 g/mol. The van der Waals surface area contributed by atoms with E-state index in [-0.39, 0.29) is 17.4 Å². The van der Waals surface area contributed by atoms with Crippen molar-refractivity contribution >= 4 is 5.91 Å². The largest absolute Gasteiger partial charge is 0.493 e. The van der Waals surface area contributed by atoms with E-state index in [4.69, 9.17) is 4.74 Å². The number of carbonyl (C=O) groups excluding carboxylic acids is 1. The van der Waals surface area contributed by atoms with Crippen molar-refractivity contribution in [1.82, 2.24) is 10.2 Å². The Bertz CT molecular complexity index is 547. The van der Waals surface area contributed by atoms with Crippen LogP contribution in [0, 0.1) is 5.92 Å². The summed E-state index contributed by atoms with van der Waals surface area (Å²) in [5.74, 6) is 0.513. The van der Waals surface area contributed by atoms with Gasteiger partial charge < -0.3 is 19.7 Å². The fourth-order valence-corrected chi connectivity index (χ4v) is 2.95. The molecule has 134 valence electrons. The SMILES string of the molecule is CNCCC1CCN(C(=O)c2ccc(OC)c(OC(F)F)c2)CC1. The molecular weight excluding hydrogens is 318 g/mol. The molecule has 1 aliphatic heterocycles. The van der Waals surface area contributed by atoms with Crippen LogP contribution in [0.3, 0.4) is 0 Å². The van der Waals surface area contributed by atoms with Crippen molar-refractivity contribution in [2.75, 3.05) is 33.8 Å². The molecule has 7 heteroatoms. The number of nitrogens with one attached hydrogen (secondary N) is 1. The molecule has 1 fully saturated rings. The highest BCUT2D eigenvalue weighted by molar-refractivity contribution is 5.95. The Hall–Kier alpha value is -1.89. The standard InChI is InChI=1S/C17H24F2N2O3/c1-20-8-5-12-6-9-21(10-7-12)16(22)13-3-4-14(23-2)15(11-13)24-17(18)19/h3-4,11-12,17,20H,5-10H2,1-2H3. The summed E-state index contributed by atoms with van der Waals surface area (Å²) in [7, 11) is 3.30. The first kappa shape index (κ1) is 18.4. The fourth-order valence-electron chi connectivity index (χ4n) is 2.95. The lowest BCUT2D eigenvalue weighted by molar-refractivity contribution is -0.0512. The van der Waals surface area contributed by atoms with Gasteiger partial charge in [0.25, 0.3) is 5.91 Å². The number of amides is 1. The van der Waals surface area contributed by atoms with E-state index in [9.17, 15) is 13.6 Å². The molecule has 1 aliphatic rings. The number of benzene rings is 1. The highest BCUT2D eigenvalue weighted by Gasteiger charge is 2.24. The van der Waals surface area contributed by atoms with Gasteiger partial charge >= 0.3 is 6.61 Å². The lowest BCUT2D eigenvalue weighted by Crippen LogP contribution is -2.39. The van der Waals surface area contributed by atoms with E-state index in [1.165, 1.54) is 19.2 Å². The summed E-state index contributed by atoms with van der Waals surface area (Å²) >= 11 is 0. The summed E-state index contributed by atoms with van der Waals surface area (Å²) in [6.45, 7) is -0.618. The van der Waals surface area contributed by atoms with Crippen molar-refractivity contribution in [3.05, 3.63) is 23.8 Å². The molecule has 0 aliphatic carbocycles. The van der Waals surface area contributed by atoms with Crippen molar-refractivity contribution in [2.24, 2.45) is 5.92 Å². The maximum atomic E-state index is 12.6. The third-order valence-electron chi connectivity index (χ3n) is 4.33. The molecule has 0 radical (unpaired) electrons.